The summed E-state index contributed by atoms with van der Waals surface area (Å²) in [6, 6.07) is 16.6. The van der Waals surface area contributed by atoms with Crippen LogP contribution >= 0.6 is 0 Å². The third-order valence-corrected chi connectivity index (χ3v) is 5.05. The number of fused-ring (bicyclic) bond motifs is 1. The van der Waals surface area contributed by atoms with Crippen LogP contribution in [-0.4, -0.2) is 25.3 Å². The monoisotopic (exact) mass is 394 g/mol. The largest absolute Gasteiger partial charge is 0.489 e. The second-order valence-electron chi connectivity index (χ2n) is 7.30. The summed E-state index contributed by atoms with van der Waals surface area (Å²) in [6.45, 7) is 3.16. The number of carbonyl (C=O) groups is 1. The number of carbonyl (C=O) groups excluding carboxylic acids is 1. The van der Waals surface area contributed by atoms with Crippen LogP contribution in [0.3, 0.4) is 0 Å². The third-order valence-electron chi connectivity index (χ3n) is 5.05. The van der Waals surface area contributed by atoms with Crippen molar-refractivity contribution in [1.82, 2.24) is 5.32 Å². The maximum atomic E-state index is 12.5. The number of ether oxygens (including phenoxy) is 2. The topological polar surface area (TPSA) is 72.7 Å². The van der Waals surface area contributed by atoms with Crippen LogP contribution in [0.2, 0.25) is 0 Å². The fourth-order valence-corrected chi connectivity index (χ4v) is 3.46. The van der Waals surface area contributed by atoms with Crippen LogP contribution in [0, 0.1) is 0 Å². The van der Waals surface area contributed by atoms with E-state index in [1.54, 1.807) is 0 Å². The van der Waals surface area contributed by atoms with Crippen LogP contribution in [0.25, 0.3) is 11.0 Å². The molecule has 1 aliphatic rings. The minimum absolute atomic E-state index is 0.110. The molecular weight excluding hydrogens is 368 g/mol. The zero-order valence-corrected chi connectivity index (χ0v) is 16.5. The zero-order chi connectivity index (χ0) is 20.1. The van der Waals surface area contributed by atoms with E-state index in [9.17, 15) is 4.79 Å². The van der Waals surface area contributed by atoms with Crippen LogP contribution in [0.4, 0.5) is 10.5 Å². The SMILES string of the molecule is CC(NC(=O)Nc1ccccc1OCC1CCCCO1)c1cc2ccccc2o1. The normalized spacial score (nSPS) is 17.6. The molecule has 3 aromatic rings. The van der Waals surface area contributed by atoms with E-state index in [1.165, 1.54) is 0 Å². The number of furan rings is 1. The number of hydrogen-bond donors (Lipinski definition) is 2. The molecule has 2 heterocycles. The molecule has 6 heteroatoms. The van der Waals surface area contributed by atoms with Gasteiger partial charge in [0.05, 0.1) is 17.8 Å². The van der Waals surface area contributed by atoms with Gasteiger partial charge in [-0.1, -0.05) is 30.3 Å². The van der Waals surface area contributed by atoms with Gasteiger partial charge in [0.15, 0.2) is 0 Å². The van der Waals surface area contributed by atoms with Gasteiger partial charge in [0, 0.05) is 12.0 Å². The van der Waals surface area contributed by atoms with Gasteiger partial charge in [-0.05, 0) is 50.5 Å². The molecule has 2 aromatic carbocycles. The first-order valence-corrected chi connectivity index (χ1v) is 10.1. The average Bonchev–Trinajstić information content (AvgIpc) is 3.18. The minimum Gasteiger partial charge on any atom is -0.489 e. The summed E-state index contributed by atoms with van der Waals surface area (Å²) in [5.41, 5.74) is 1.43. The van der Waals surface area contributed by atoms with Gasteiger partial charge in [0.2, 0.25) is 0 Å². The van der Waals surface area contributed by atoms with Gasteiger partial charge in [-0.2, -0.15) is 0 Å². The zero-order valence-electron chi connectivity index (χ0n) is 16.5. The third kappa shape index (κ3) is 4.90. The molecule has 0 aliphatic carbocycles. The standard InChI is InChI=1S/C23H26N2O4/c1-16(22-14-17-8-2-4-11-20(17)29-22)24-23(26)25-19-10-3-5-12-21(19)28-15-18-9-6-7-13-27-18/h2-5,8,10-12,14,16,18H,6-7,9,13,15H2,1H3,(H2,24,25,26). The molecule has 2 unspecified atom stereocenters. The molecule has 0 spiro atoms. The van der Waals surface area contributed by atoms with Crippen molar-refractivity contribution in [3.05, 3.63) is 60.4 Å². The summed E-state index contributed by atoms with van der Waals surface area (Å²) in [5.74, 6) is 1.34. The number of anilines is 1. The minimum atomic E-state index is -0.317. The molecule has 0 bridgehead atoms. The molecule has 0 radical (unpaired) electrons. The van der Waals surface area contributed by atoms with E-state index >= 15 is 0 Å². The van der Waals surface area contributed by atoms with Gasteiger partial charge < -0.3 is 24.5 Å². The molecular formula is C23H26N2O4. The average molecular weight is 394 g/mol. The molecule has 4 rings (SSSR count). The number of nitrogens with one attached hydrogen (secondary N) is 2. The Morgan fingerprint density at radius 1 is 1.17 bits per heavy atom. The molecule has 6 nitrogen and oxygen atoms in total. The molecule has 1 aromatic heterocycles. The van der Waals surface area contributed by atoms with E-state index in [1.807, 2.05) is 61.5 Å². The number of urea groups is 1. The summed E-state index contributed by atoms with van der Waals surface area (Å²) in [5, 5.41) is 6.80. The molecule has 2 amide bonds. The fraction of sp³-hybridized carbons (Fsp3) is 0.348. The van der Waals surface area contributed by atoms with Crippen LogP contribution < -0.4 is 15.4 Å². The highest BCUT2D eigenvalue weighted by molar-refractivity contribution is 5.91. The highest BCUT2D eigenvalue weighted by Gasteiger charge is 2.17. The number of amides is 2. The van der Waals surface area contributed by atoms with Gasteiger partial charge in [0.1, 0.15) is 23.7 Å². The summed E-state index contributed by atoms with van der Waals surface area (Å²) < 4.78 is 17.5. The van der Waals surface area contributed by atoms with Gasteiger partial charge >= 0.3 is 6.03 Å². The molecule has 0 saturated carbocycles. The highest BCUT2D eigenvalue weighted by atomic mass is 16.5. The first-order valence-electron chi connectivity index (χ1n) is 10.1. The second-order valence-corrected chi connectivity index (χ2v) is 7.30. The van der Waals surface area contributed by atoms with E-state index in [0.717, 1.165) is 36.8 Å². The van der Waals surface area contributed by atoms with E-state index in [4.69, 9.17) is 13.9 Å². The number of para-hydroxylation sites is 3. The lowest BCUT2D eigenvalue weighted by atomic mass is 10.1. The maximum Gasteiger partial charge on any atom is 0.319 e. The molecule has 152 valence electrons. The lowest BCUT2D eigenvalue weighted by Gasteiger charge is -2.23. The molecule has 1 saturated heterocycles. The van der Waals surface area contributed by atoms with E-state index in [2.05, 4.69) is 10.6 Å². The molecule has 1 aliphatic heterocycles. The Labute approximate surface area is 170 Å². The van der Waals surface area contributed by atoms with Crippen molar-refractivity contribution in [3.63, 3.8) is 0 Å². The van der Waals surface area contributed by atoms with Gasteiger partial charge in [0.25, 0.3) is 0 Å². The van der Waals surface area contributed by atoms with Crippen LogP contribution in [-0.2, 0) is 4.74 Å². The van der Waals surface area contributed by atoms with Crippen molar-refractivity contribution in [2.75, 3.05) is 18.5 Å². The lowest BCUT2D eigenvalue weighted by molar-refractivity contribution is -0.0109. The highest BCUT2D eigenvalue weighted by Crippen LogP contribution is 2.26. The molecule has 2 N–H and O–H groups in total. The summed E-state index contributed by atoms with van der Waals surface area (Å²) in [7, 11) is 0. The molecule has 2 atom stereocenters. The lowest BCUT2D eigenvalue weighted by Crippen LogP contribution is -2.31. The fourth-order valence-electron chi connectivity index (χ4n) is 3.46. The smallest absolute Gasteiger partial charge is 0.319 e. The van der Waals surface area contributed by atoms with Crippen molar-refractivity contribution in [2.45, 2.75) is 38.3 Å². The van der Waals surface area contributed by atoms with Crippen molar-refractivity contribution in [2.24, 2.45) is 0 Å². The number of benzene rings is 2. The Hall–Kier alpha value is -2.99. The van der Waals surface area contributed by atoms with E-state index in [0.29, 0.717) is 23.8 Å². The number of rotatable bonds is 6. The van der Waals surface area contributed by atoms with Crippen molar-refractivity contribution >= 4 is 22.7 Å². The first-order chi connectivity index (χ1) is 14.2. The Morgan fingerprint density at radius 2 is 2.00 bits per heavy atom. The van der Waals surface area contributed by atoms with Crippen LogP contribution in [0.15, 0.2) is 59.0 Å². The molecule has 1 fully saturated rings. The van der Waals surface area contributed by atoms with E-state index < -0.39 is 0 Å². The maximum absolute atomic E-state index is 12.5. The molecule has 29 heavy (non-hydrogen) atoms. The van der Waals surface area contributed by atoms with Crippen molar-refractivity contribution < 1.29 is 18.7 Å². The summed E-state index contributed by atoms with van der Waals surface area (Å²) >= 11 is 0. The Morgan fingerprint density at radius 3 is 2.83 bits per heavy atom. The van der Waals surface area contributed by atoms with Crippen LogP contribution in [0.1, 0.15) is 38.0 Å². The van der Waals surface area contributed by atoms with Crippen molar-refractivity contribution in [3.8, 4) is 5.75 Å². The van der Waals surface area contributed by atoms with Gasteiger partial charge in [-0.25, -0.2) is 4.79 Å². The quantitative estimate of drug-likeness (QED) is 0.598. The predicted molar refractivity (Wildman–Crippen MR) is 112 cm³/mol. The summed E-state index contributed by atoms with van der Waals surface area (Å²) in [6.07, 6.45) is 3.39. The van der Waals surface area contributed by atoms with Crippen LogP contribution in [0.5, 0.6) is 5.75 Å². The number of hydrogen-bond acceptors (Lipinski definition) is 4. The first kappa shape index (κ1) is 19.3. The second kappa shape index (κ2) is 9.01. The van der Waals surface area contributed by atoms with Gasteiger partial charge in [-0.15, -0.1) is 0 Å². The Bertz CT molecular complexity index is 929. The summed E-state index contributed by atoms with van der Waals surface area (Å²) in [4.78, 5) is 12.5. The Kier molecular flexibility index (Phi) is 6.00. The van der Waals surface area contributed by atoms with Crippen molar-refractivity contribution in [1.29, 1.82) is 0 Å². The van der Waals surface area contributed by atoms with E-state index in [-0.39, 0.29) is 18.2 Å². The Balaban J connectivity index is 1.36. The van der Waals surface area contributed by atoms with Gasteiger partial charge in [-0.3, -0.25) is 0 Å². The predicted octanol–water partition coefficient (Wildman–Crippen LogP) is 5.26.